The van der Waals surface area contributed by atoms with Crippen LogP contribution in [0, 0.1) is 11.3 Å². The van der Waals surface area contributed by atoms with E-state index in [2.05, 4.69) is 4.98 Å². The minimum Gasteiger partial charge on any atom is -0.370 e. The molecule has 4 nitrogen and oxygen atoms in total. The Labute approximate surface area is 137 Å². The van der Waals surface area contributed by atoms with Gasteiger partial charge in [-0.1, -0.05) is 18.2 Å². The number of nitriles is 1. The number of hydrogen-bond donors (Lipinski definition) is 0. The van der Waals surface area contributed by atoms with Gasteiger partial charge in [-0.2, -0.15) is 18.4 Å². The van der Waals surface area contributed by atoms with Crippen LogP contribution in [0.4, 0.5) is 19.0 Å². The van der Waals surface area contributed by atoms with Crippen LogP contribution in [0.2, 0.25) is 0 Å². The van der Waals surface area contributed by atoms with Gasteiger partial charge >= 0.3 is 6.18 Å². The van der Waals surface area contributed by atoms with Crippen molar-refractivity contribution < 1.29 is 17.9 Å². The molecule has 7 heteroatoms. The van der Waals surface area contributed by atoms with Gasteiger partial charge in [-0.05, 0) is 23.8 Å². The van der Waals surface area contributed by atoms with Crippen LogP contribution < -0.4 is 4.90 Å². The van der Waals surface area contributed by atoms with Gasteiger partial charge in [0, 0.05) is 19.3 Å². The molecule has 0 bridgehead atoms. The van der Waals surface area contributed by atoms with Crippen LogP contribution in [0.15, 0.2) is 42.6 Å². The van der Waals surface area contributed by atoms with Crippen molar-refractivity contribution >= 4 is 5.82 Å². The highest BCUT2D eigenvalue weighted by Gasteiger charge is 2.36. The summed E-state index contributed by atoms with van der Waals surface area (Å²) in [5, 5.41) is 8.81. The first-order valence-corrected chi connectivity index (χ1v) is 7.38. The molecule has 2 aromatic rings. The third-order valence-corrected chi connectivity index (χ3v) is 3.88. The van der Waals surface area contributed by atoms with Crippen molar-refractivity contribution in [3.8, 4) is 6.07 Å². The molecule has 1 aromatic heterocycles. The number of benzene rings is 1. The maximum Gasteiger partial charge on any atom is 0.416 e. The van der Waals surface area contributed by atoms with Crippen molar-refractivity contribution in [1.29, 1.82) is 5.26 Å². The number of ether oxygens (including phenoxy) is 1. The normalized spacial score (nSPS) is 18.2. The zero-order valence-electron chi connectivity index (χ0n) is 12.6. The molecule has 24 heavy (non-hydrogen) atoms. The number of pyridine rings is 1. The maximum atomic E-state index is 13.2. The Kier molecular flexibility index (Phi) is 4.40. The minimum atomic E-state index is -4.42. The van der Waals surface area contributed by atoms with Crippen molar-refractivity contribution in [3.63, 3.8) is 0 Å². The molecule has 1 aliphatic heterocycles. The molecular formula is C17H14F3N3O. The predicted octanol–water partition coefficient (Wildman–Crippen LogP) is 3.55. The molecule has 2 heterocycles. The summed E-state index contributed by atoms with van der Waals surface area (Å²) in [6.45, 7) is 1.11. The second kappa shape index (κ2) is 6.49. The summed E-state index contributed by atoms with van der Waals surface area (Å²) < 4.78 is 45.2. The first-order valence-electron chi connectivity index (χ1n) is 7.38. The minimum absolute atomic E-state index is 0.128. The van der Waals surface area contributed by atoms with Crippen LogP contribution in [0.3, 0.4) is 0 Å². The Morgan fingerprint density at radius 1 is 1.21 bits per heavy atom. The molecule has 0 saturated carbocycles. The summed E-state index contributed by atoms with van der Waals surface area (Å²) in [7, 11) is 0. The highest BCUT2D eigenvalue weighted by molar-refractivity contribution is 5.43. The van der Waals surface area contributed by atoms with Crippen LogP contribution in [0.5, 0.6) is 0 Å². The highest BCUT2D eigenvalue weighted by atomic mass is 19.4. The molecule has 1 aromatic carbocycles. The lowest BCUT2D eigenvalue weighted by molar-refractivity contribution is -0.139. The standard InChI is InChI=1S/C17H14F3N3O/c18-17(19,20)14-4-2-1-3-13(14)15-11-23(7-8-24-15)16-6-5-12(9-21)10-22-16/h1-6,10,15H,7-8,11H2. The average molecular weight is 333 g/mol. The fourth-order valence-corrected chi connectivity index (χ4v) is 2.72. The van der Waals surface area contributed by atoms with Crippen molar-refractivity contribution in [2.24, 2.45) is 0 Å². The summed E-state index contributed by atoms with van der Waals surface area (Å²) in [6.07, 6.45) is -3.66. The molecule has 1 unspecified atom stereocenters. The van der Waals surface area contributed by atoms with Crippen LogP contribution in [-0.2, 0) is 10.9 Å². The molecule has 0 amide bonds. The molecule has 1 aliphatic rings. The Morgan fingerprint density at radius 3 is 2.67 bits per heavy atom. The number of morpholine rings is 1. The summed E-state index contributed by atoms with van der Waals surface area (Å²) >= 11 is 0. The van der Waals surface area contributed by atoms with Gasteiger partial charge < -0.3 is 9.64 Å². The van der Waals surface area contributed by atoms with E-state index in [-0.39, 0.29) is 12.1 Å². The maximum absolute atomic E-state index is 13.2. The molecule has 1 saturated heterocycles. The van der Waals surface area contributed by atoms with Crippen molar-refractivity contribution in [3.05, 3.63) is 59.3 Å². The van der Waals surface area contributed by atoms with Crippen LogP contribution >= 0.6 is 0 Å². The quantitative estimate of drug-likeness (QED) is 0.843. The van der Waals surface area contributed by atoms with Gasteiger partial charge in [0.05, 0.1) is 17.7 Å². The number of halogens is 3. The Morgan fingerprint density at radius 2 is 2.00 bits per heavy atom. The fourth-order valence-electron chi connectivity index (χ4n) is 2.72. The van der Waals surface area contributed by atoms with Gasteiger partial charge in [0.25, 0.3) is 0 Å². The molecule has 0 N–H and O–H groups in total. The zero-order valence-corrected chi connectivity index (χ0v) is 12.6. The fraction of sp³-hybridized carbons (Fsp3) is 0.294. The predicted molar refractivity (Wildman–Crippen MR) is 81.3 cm³/mol. The number of hydrogen-bond acceptors (Lipinski definition) is 4. The molecular weight excluding hydrogens is 319 g/mol. The third kappa shape index (κ3) is 3.34. The Hall–Kier alpha value is -2.59. The van der Waals surface area contributed by atoms with E-state index in [0.29, 0.717) is 24.5 Å². The van der Waals surface area contributed by atoms with Crippen molar-refractivity contribution in [2.45, 2.75) is 12.3 Å². The topological polar surface area (TPSA) is 49.2 Å². The molecule has 3 rings (SSSR count). The molecule has 0 aliphatic carbocycles. The van der Waals surface area contributed by atoms with Gasteiger partial charge in [-0.15, -0.1) is 0 Å². The van der Waals surface area contributed by atoms with E-state index in [1.165, 1.54) is 18.3 Å². The Balaban J connectivity index is 1.85. The summed E-state index contributed by atoms with van der Waals surface area (Å²) in [5.74, 6) is 0.617. The van der Waals surface area contributed by atoms with E-state index < -0.39 is 17.8 Å². The largest absolute Gasteiger partial charge is 0.416 e. The van der Waals surface area contributed by atoms with Gasteiger partial charge in [0.2, 0.25) is 0 Å². The first-order chi connectivity index (χ1) is 11.5. The summed E-state index contributed by atoms with van der Waals surface area (Å²) in [4.78, 5) is 6.06. The first kappa shape index (κ1) is 16.3. The zero-order chi connectivity index (χ0) is 17.2. The second-order valence-electron chi connectivity index (χ2n) is 5.41. The lowest BCUT2D eigenvalue weighted by Crippen LogP contribution is -2.39. The van der Waals surface area contributed by atoms with Gasteiger partial charge in [-0.25, -0.2) is 4.98 Å². The van der Waals surface area contributed by atoms with E-state index in [1.54, 1.807) is 18.2 Å². The van der Waals surface area contributed by atoms with Gasteiger partial charge in [-0.3, -0.25) is 0 Å². The Bertz CT molecular complexity index is 753. The average Bonchev–Trinajstić information content (AvgIpc) is 2.61. The van der Waals surface area contributed by atoms with Crippen LogP contribution in [0.25, 0.3) is 0 Å². The SMILES string of the molecule is N#Cc1ccc(N2CCOC(c3ccccc3C(F)(F)F)C2)nc1. The van der Waals surface area contributed by atoms with Crippen molar-refractivity contribution in [1.82, 2.24) is 4.98 Å². The molecule has 1 atom stereocenters. The second-order valence-corrected chi connectivity index (χ2v) is 5.41. The molecule has 1 fully saturated rings. The number of aromatic nitrogens is 1. The van der Waals surface area contributed by atoms with Gasteiger partial charge in [0.1, 0.15) is 18.0 Å². The van der Waals surface area contributed by atoms with Crippen LogP contribution in [-0.4, -0.2) is 24.7 Å². The lowest BCUT2D eigenvalue weighted by atomic mass is 10.0. The number of alkyl halides is 3. The van der Waals surface area contributed by atoms with Crippen molar-refractivity contribution in [2.75, 3.05) is 24.6 Å². The van der Waals surface area contributed by atoms with E-state index in [4.69, 9.17) is 10.00 Å². The van der Waals surface area contributed by atoms with Crippen LogP contribution in [0.1, 0.15) is 22.8 Å². The van der Waals surface area contributed by atoms with Gasteiger partial charge in [0.15, 0.2) is 0 Å². The van der Waals surface area contributed by atoms with E-state index in [9.17, 15) is 13.2 Å². The summed E-state index contributed by atoms with van der Waals surface area (Å²) in [5.41, 5.74) is -0.112. The van der Waals surface area contributed by atoms with E-state index in [0.717, 1.165) is 6.07 Å². The smallest absolute Gasteiger partial charge is 0.370 e. The summed E-state index contributed by atoms with van der Waals surface area (Å²) in [6, 6.07) is 10.8. The lowest BCUT2D eigenvalue weighted by Gasteiger charge is -2.34. The molecule has 0 radical (unpaired) electrons. The highest BCUT2D eigenvalue weighted by Crippen LogP contribution is 2.36. The van der Waals surface area contributed by atoms with E-state index in [1.807, 2.05) is 11.0 Å². The number of anilines is 1. The number of rotatable bonds is 2. The third-order valence-electron chi connectivity index (χ3n) is 3.88. The molecule has 0 spiro atoms. The molecule has 124 valence electrons. The monoisotopic (exact) mass is 333 g/mol. The van der Waals surface area contributed by atoms with E-state index >= 15 is 0 Å². The number of nitrogens with zero attached hydrogens (tertiary/aromatic N) is 3.